The first-order valence-electron chi connectivity index (χ1n) is 10.5. The zero-order valence-electron chi connectivity index (χ0n) is 17.2. The van der Waals surface area contributed by atoms with Gasteiger partial charge in [0, 0.05) is 18.4 Å². The average molecular weight is 415 g/mol. The summed E-state index contributed by atoms with van der Waals surface area (Å²) in [4.78, 5) is 23.6. The molecular weight excluding hydrogens is 390 g/mol. The SMILES string of the molecule is O=C(O)CCC(Cc1ccccc1)NC(=O)OCC1c2ccccc2-c2ccccc21. The molecule has 5 nitrogen and oxygen atoms in total. The molecule has 0 spiro atoms. The van der Waals surface area contributed by atoms with Gasteiger partial charge in [0.1, 0.15) is 6.61 Å². The normalized spacial score (nSPS) is 13.2. The van der Waals surface area contributed by atoms with Crippen LogP contribution in [-0.2, 0) is 16.0 Å². The minimum Gasteiger partial charge on any atom is -0.481 e. The maximum absolute atomic E-state index is 12.6. The monoisotopic (exact) mass is 415 g/mol. The summed E-state index contributed by atoms with van der Waals surface area (Å²) >= 11 is 0. The highest BCUT2D eigenvalue weighted by Gasteiger charge is 2.29. The molecule has 31 heavy (non-hydrogen) atoms. The Bertz CT molecular complexity index is 1020. The predicted octanol–water partition coefficient (Wildman–Crippen LogP) is 5.00. The number of hydrogen-bond donors (Lipinski definition) is 2. The van der Waals surface area contributed by atoms with Crippen molar-refractivity contribution in [3.63, 3.8) is 0 Å². The Hall–Kier alpha value is -3.60. The van der Waals surface area contributed by atoms with E-state index in [0.29, 0.717) is 12.8 Å². The molecule has 0 saturated carbocycles. The first-order chi connectivity index (χ1) is 15.1. The average Bonchev–Trinajstić information content (AvgIpc) is 3.10. The minimum absolute atomic E-state index is 0.00950. The summed E-state index contributed by atoms with van der Waals surface area (Å²) < 4.78 is 5.62. The lowest BCUT2D eigenvalue weighted by Crippen LogP contribution is -2.37. The van der Waals surface area contributed by atoms with Crippen LogP contribution in [0.3, 0.4) is 0 Å². The Kier molecular flexibility index (Phi) is 6.32. The molecule has 5 heteroatoms. The lowest BCUT2D eigenvalue weighted by atomic mass is 9.98. The van der Waals surface area contributed by atoms with Crippen LogP contribution < -0.4 is 5.32 Å². The summed E-state index contributed by atoms with van der Waals surface area (Å²) in [6, 6.07) is 25.8. The number of rotatable bonds is 8. The molecule has 0 aliphatic heterocycles. The van der Waals surface area contributed by atoms with Crippen LogP contribution in [0.15, 0.2) is 78.9 Å². The molecule has 3 aromatic rings. The van der Waals surface area contributed by atoms with Crippen LogP contribution in [0.2, 0.25) is 0 Å². The number of hydrogen-bond acceptors (Lipinski definition) is 3. The molecule has 3 aromatic carbocycles. The van der Waals surface area contributed by atoms with E-state index in [4.69, 9.17) is 9.84 Å². The fourth-order valence-electron chi connectivity index (χ4n) is 4.23. The Morgan fingerprint density at radius 1 is 0.871 bits per heavy atom. The van der Waals surface area contributed by atoms with Crippen LogP contribution in [0, 0.1) is 0 Å². The van der Waals surface area contributed by atoms with Gasteiger partial charge in [0.05, 0.1) is 0 Å². The van der Waals surface area contributed by atoms with Crippen LogP contribution in [0.5, 0.6) is 0 Å². The van der Waals surface area contributed by atoms with Gasteiger partial charge in [-0.3, -0.25) is 4.79 Å². The van der Waals surface area contributed by atoms with Gasteiger partial charge in [-0.25, -0.2) is 4.79 Å². The fourth-order valence-corrected chi connectivity index (χ4v) is 4.23. The van der Waals surface area contributed by atoms with E-state index in [9.17, 15) is 9.59 Å². The number of aliphatic carboxylic acids is 1. The van der Waals surface area contributed by atoms with E-state index in [0.717, 1.165) is 16.7 Å². The quantitative estimate of drug-likeness (QED) is 0.543. The van der Waals surface area contributed by atoms with Gasteiger partial charge in [-0.15, -0.1) is 0 Å². The molecule has 0 bridgehead atoms. The van der Waals surface area contributed by atoms with Crippen molar-refractivity contribution >= 4 is 12.1 Å². The third kappa shape index (κ3) is 4.94. The highest BCUT2D eigenvalue weighted by molar-refractivity contribution is 5.79. The van der Waals surface area contributed by atoms with Gasteiger partial charge in [0.15, 0.2) is 0 Å². The second kappa shape index (κ2) is 9.47. The lowest BCUT2D eigenvalue weighted by molar-refractivity contribution is -0.137. The summed E-state index contributed by atoms with van der Waals surface area (Å²) in [6.45, 7) is 0.233. The number of ether oxygens (including phenoxy) is 1. The summed E-state index contributed by atoms with van der Waals surface area (Å²) in [5.74, 6) is -0.892. The number of carboxylic acid groups (broad SMARTS) is 1. The first-order valence-corrected chi connectivity index (χ1v) is 10.5. The minimum atomic E-state index is -0.882. The highest BCUT2D eigenvalue weighted by atomic mass is 16.5. The molecule has 2 N–H and O–H groups in total. The molecule has 0 radical (unpaired) electrons. The number of nitrogens with one attached hydrogen (secondary N) is 1. The molecule has 1 amide bonds. The molecule has 0 saturated heterocycles. The van der Waals surface area contributed by atoms with Crippen LogP contribution in [0.4, 0.5) is 4.79 Å². The van der Waals surface area contributed by atoms with Crippen LogP contribution in [0.25, 0.3) is 11.1 Å². The zero-order valence-corrected chi connectivity index (χ0v) is 17.2. The summed E-state index contributed by atoms with van der Waals surface area (Å²) in [7, 11) is 0. The molecule has 0 fully saturated rings. The molecular formula is C26H25NO4. The Morgan fingerprint density at radius 3 is 2.06 bits per heavy atom. The van der Waals surface area contributed by atoms with Crippen LogP contribution in [0.1, 0.15) is 35.4 Å². The van der Waals surface area contributed by atoms with Crippen molar-refractivity contribution in [2.45, 2.75) is 31.2 Å². The van der Waals surface area contributed by atoms with Gasteiger partial charge in [-0.05, 0) is 40.7 Å². The molecule has 1 aliphatic rings. The van der Waals surface area contributed by atoms with E-state index in [2.05, 4.69) is 29.6 Å². The molecule has 0 aromatic heterocycles. The van der Waals surface area contributed by atoms with Gasteiger partial charge in [0.25, 0.3) is 0 Å². The number of carboxylic acids is 1. The molecule has 0 heterocycles. The second-order valence-electron chi connectivity index (χ2n) is 7.79. The zero-order chi connectivity index (χ0) is 21.6. The highest BCUT2D eigenvalue weighted by Crippen LogP contribution is 2.44. The van der Waals surface area contributed by atoms with E-state index in [1.54, 1.807) is 0 Å². The molecule has 1 aliphatic carbocycles. The number of carbonyl (C=O) groups excluding carboxylic acids is 1. The van der Waals surface area contributed by atoms with E-state index < -0.39 is 12.1 Å². The summed E-state index contributed by atoms with van der Waals surface area (Å²) in [5, 5.41) is 11.9. The maximum Gasteiger partial charge on any atom is 0.407 e. The van der Waals surface area contributed by atoms with Crippen LogP contribution >= 0.6 is 0 Å². The van der Waals surface area contributed by atoms with Gasteiger partial charge in [0.2, 0.25) is 0 Å². The summed E-state index contributed by atoms with van der Waals surface area (Å²) in [6.07, 6.45) is 0.363. The van der Waals surface area contributed by atoms with Crippen molar-refractivity contribution in [3.8, 4) is 11.1 Å². The van der Waals surface area contributed by atoms with Crippen LogP contribution in [-0.4, -0.2) is 29.8 Å². The number of benzene rings is 3. The van der Waals surface area contributed by atoms with Crippen molar-refractivity contribution in [1.82, 2.24) is 5.32 Å². The third-order valence-corrected chi connectivity index (χ3v) is 5.70. The molecule has 1 atom stereocenters. The standard InChI is InChI=1S/C26H25NO4/c28-25(29)15-14-19(16-18-8-2-1-3-9-18)27-26(30)31-17-24-22-12-6-4-10-20(22)21-11-5-7-13-23(21)24/h1-13,19,24H,14-17H2,(H,27,30)(H,28,29). The van der Waals surface area contributed by atoms with E-state index >= 15 is 0 Å². The molecule has 4 rings (SSSR count). The Labute approximate surface area is 181 Å². The van der Waals surface area contributed by atoms with Crippen molar-refractivity contribution in [3.05, 3.63) is 95.6 Å². The molecule has 1 unspecified atom stereocenters. The number of alkyl carbamates (subject to hydrolysis) is 1. The van der Waals surface area contributed by atoms with Gasteiger partial charge in [-0.1, -0.05) is 78.9 Å². The third-order valence-electron chi connectivity index (χ3n) is 5.70. The number of fused-ring (bicyclic) bond motifs is 3. The number of carbonyl (C=O) groups is 2. The lowest BCUT2D eigenvalue weighted by Gasteiger charge is -2.20. The fraction of sp³-hybridized carbons (Fsp3) is 0.231. The molecule has 158 valence electrons. The van der Waals surface area contributed by atoms with Gasteiger partial charge >= 0.3 is 12.1 Å². The van der Waals surface area contributed by atoms with Gasteiger partial charge < -0.3 is 15.2 Å². The summed E-state index contributed by atoms with van der Waals surface area (Å²) in [5.41, 5.74) is 5.70. The Morgan fingerprint density at radius 2 is 1.45 bits per heavy atom. The topological polar surface area (TPSA) is 75.6 Å². The van der Waals surface area contributed by atoms with Crippen molar-refractivity contribution in [2.75, 3.05) is 6.61 Å². The largest absolute Gasteiger partial charge is 0.481 e. The van der Waals surface area contributed by atoms with Gasteiger partial charge in [-0.2, -0.15) is 0 Å². The van der Waals surface area contributed by atoms with Crippen molar-refractivity contribution in [1.29, 1.82) is 0 Å². The van der Waals surface area contributed by atoms with E-state index in [1.165, 1.54) is 11.1 Å². The van der Waals surface area contributed by atoms with E-state index in [-0.39, 0.29) is 25.0 Å². The predicted molar refractivity (Wildman–Crippen MR) is 119 cm³/mol. The Balaban J connectivity index is 1.42. The van der Waals surface area contributed by atoms with Crippen molar-refractivity contribution in [2.24, 2.45) is 0 Å². The maximum atomic E-state index is 12.6. The van der Waals surface area contributed by atoms with E-state index in [1.807, 2.05) is 54.6 Å². The number of amides is 1. The smallest absolute Gasteiger partial charge is 0.407 e. The second-order valence-corrected chi connectivity index (χ2v) is 7.79. The van der Waals surface area contributed by atoms with Crippen molar-refractivity contribution < 1.29 is 19.4 Å². The first kappa shape index (κ1) is 20.7.